The van der Waals surface area contributed by atoms with E-state index in [1.165, 1.54) is 0 Å². The predicted octanol–water partition coefficient (Wildman–Crippen LogP) is 4.41. The molecule has 0 unspecified atom stereocenters. The molecule has 2 aromatic carbocycles. The molecule has 0 heterocycles. The van der Waals surface area contributed by atoms with E-state index in [1.54, 1.807) is 0 Å². The zero-order chi connectivity index (χ0) is 16.1. The third-order valence-corrected chi connectivity index (χ3v) is 5.41. The van der Waals surface area contributed by atoms with Crippen molar-refractivity contribution in [3.63, 3.8) is 0 Å². The average molecular weight is 374 g/mol. The van der Waals surface area contributed by atoms with Crippen LogP contribution in [0.25, 0.3) is 6.08 Å². The molecule has 0 aliphatic heterocycles. The molecule has 0 spiro atoms. The monoisotopic (exact) mass is 374 g/mol. The van der Waals surface area contributed by atoms with Crippen LogP contribution in [-0.4, -0.2) is 28.6 Å². The molecule has 128 valence electrons. The number of hydrogen-bond acceptors (Lipinski definition) is 3. The van der Waals surface area contributed by atoms with Crippen LogP contribution >= 0.6 is 0 Å². The summed E-state index contributed by atoms with van der Waals surface area (Å²) >= 11 is 0. The van der Waals surface area contributed by atoms with E-state index in [2.05, 4.69) is 0 Å². The Morgan fingerprint density at radius 3 is 1.70 bits per heavy atom. The van der Waals surface area contributed by atoms with Gasteiger partial charge in [0.25, 0.3) is 0 Å². The Morgan fingerprint density at radius 2 is 1.35 bits per heavy atom. The second-order valence-corrected chi connectivity index (χ2v) is 6.82. The van der Waals surface area contributed by atoms with E-state index < -0.39 is 8.80 Å². The molecule has 2 aromatic rings. The van der Waals surface area contributed by atoms with Crippen LogP contribution in [-0.2, 0) is 30.3 Å². The molecule has 0 saturated heterocycles. The second-order valence-electron chi connectivity index (χ2n) is 4.42. The summed E-state index contributed by atoms with van der Waals surface area (Å²) in [6, 6.07) is 18.1. The maximum atomic E-state index is 5.72. The summed E-state index contributed by atoms with van der Waals surface area (Å²) in [5.74, 6) is 0. The van der Waals surface area contributed by atoms with Crippen molar-refractivity contribution in [1.29, 1.82) is 0 Å². The molecule has 3 nitrogen and oxygen atoms in total. The van der Waals surface area contributed by atoms with Crippen molar-refractivity contribution in [2.45, 2.75) is 20.8 Å². The molecule has 0 bridgehead atoms. The van der Waals surface area contributed by atoms with E-state index in [0.717, 1.165) is 5.56 Å². The summed E-state index contributed by atoms with van der Waals surface area (Å²) in [7, 11) is -2.63. The molecule has 0 amide bonds. The van der Waals surface area contributed by atoms with Gasteiger partial charge in [0.05, 0.1) is 0 Å². The summed E-state index contributed by atoms with van der Waals surface area (Å²) in [4.78, 5) is 0. The quantitative estimate of drug-likeness (QED) is 0.506. The van der Waals surface area contributed by atoms with Crippen molar-refractivity contribution < 1.29 is 30.3 Å². The molecule has 2 rings (SSSR count). The molecule has 0 aromatic heterocycles. The molecule has 0 aliphatic carbocycles. The second kappa shape index (κ2) is 13.5. The first-order valence-corrected chi connectivity index (χ1v) is 9.56. The van der Waals surface area contributed by atoms with Crippen LogP contribution in [0.5, 0.6) is 0 Å². The fraction of sp³-hybridized carbons (Fsp3) is 0.333. The Morgan fingerprint density at radius 1 is 0.870 bits per heavy atom. The van der Waals surface area contributed by atoms with Crippen molar-refractivity contribution in [2.75, 3.05) is 19.8 Å². The van der Waals surface area contributed by atoms with Gasteiger partial charge in [-0.25, -0.2) is 12.1 Å². The maximum absolute atomic E-state index is 5.72. The van der Waals surface area contributed by atoms with Crippen molar-refractivity contribution in [1.82, 2.24) is 0 Å². The van der Waals surface area contributed by atoms with Crippen LogP contribution in [0.3, 0.4) is 0 Å². The molecule has 0 saturated carbocycles. The minimum Gasteiger partial charge on any atom is -0.377 e. The molecule has 0 fully saturated rings. The van der Waals surface area contributed by atoms with Gasteiger partial charge < -0.3 is 13.3 Å². The fourth-order valence-electron chi connectivity index (χ4n) is 1.89. The van der Waals surface area contributed by atoms with Crippen molar-refractivity contribution in [2.24, 2.45) is 0 Å². The van der Waals surface area contributed by atoms with E-state index >= 15 is 0 Å². The van der Waals surface area contributed by atoms with Crippen LogP contribution in [0.15, 0.2) is 60.3 Å². The third kappa shape index (κ3) is 9.06. The first-order chi connectivity index (χ1) is 10.8. The van der Waals surface area contributed by atoms with Crippen LogP contribution in [0, 0.1) is 0 Å². The molecular weight excluding hydrogens is 348 g/mol. The van der Waals surface area contributed by atoms with E-state index in [9.17, 15) is 0 Å². The standard InChI is InChI=1S/C13H21O3Si.C5H5.Fe/c1-4-14-17(15-5-2,16-6-3)12-11-13-9-7-8-10-13;1-2-4-5-3-1;/h7-12H,4-6H2,1-3H3;1-5H;/q2*-1;+2/b12-11-;;. The maximum Gasteiger partial charge on any atom is 2.00 e. The Balaban J connectivity index is 0.000000684. The third-order valence-electron chi connectivity index (χ3n) is 2.76. The Hall–Kier alpha value is -0.944. The van der Waals surface area contributed by atoms with Gasteiger partial charge >= 0.3 is 25.9 Å². The SMILES string of the molecule is CCO[Si](/C=C\[c-]1cccc1)(OCC)OCC.[Fe+2].c1cc[cH-]c1. The van der Waals surface area contributed by atoms with Gasteiger partial charge in [-0.2, -0.15) is 30.3 Å². The van der Waals surface area contributed by atoms with Gasteiger partial charge in [0, 0.05) is 19.8 Å². The van der Waals surface area contributed by atoms with Crippen LogP contribution in [0.1, 0.15) is 26.3 Å². The molecule has 0 atom stereocenters. The first kappa shape index (κ1) is 22.1. The van der Waals surface area contributed by atoms with Crippen molar-refractivity contribution in [3.8, 4) is 0 Å². The summed E-state index contributed by atoms with van der Waals surface area (Å²) in [5.41, 5.74) is 3.10. The van der Waals surface area contributed by atoms with Gasteiger partial charge in [-0.15, -0.1) is 23.8 Å². The van der Waals surface area contributed by atoms with E-state index in [-0.39, 0.29) is 17.1 Å². The summed E-state index contributed by atoms with van der Waals surface area (Å²) in [5, 5.41) is 0. The smallest absolute Gasteiger partial charge is 0.377 e. The van der Waals surface area contributed by atoms with Crippen molar-refractivity contribution >= 4 is 14.9 Å². The molecule has 5 heteroatoms. The summed E-state index contributed by atoms with van der Waals surface area (Å²) in [6.07, 6.45) is 2.01. The first-order valence-electron chi connectivity index (χ1n) is 7.75. The zero-order valence-corrected chi connectivity index (χ0v) is 16.2. The van der Waals surface area contributed by atoms with E-state index in [4.69, 9.17) is 13.3 Å². The van der Waals surface area contributed by atoms with Gasteiger partial charge in [-0.3, -0.25) is 0 Å². The van der Waals surface area contributed by atoms with Crippen LogP contribution in [0.2, 0.25) is 0 Å². The van der Waals surface area contributed by atoms with E-state index in [1.807, 2.05) is 87.1 Å². The van der Waals surface area contributed by atoms with Gasteiger partial charge in [0.15, 0.2) is 0 Å². The topological polar surface area (TPSA) is 27.7 Å². The van der Waals surface area contributed by atoms with E-state index in [0.29, 0.717) is 19.8 Å². The molecular formula is C18H26FeO3Si. The molecule has 0 aliphatic rings. The molecule has 23 heavy (non-hydrogen) atoms. The van der Waals surface area contributed by atoms with Gasteiger partial charge in [0.1, 0.15) is 0 Å². The van der Waals surface area contributed by atoms with Gasteiger partial charge in [0.2, 0.25) is 0 Å². The predicted molar refractivity (Wildman–Crippen MR) is 93.7 cm³/mol. The Labute approximate surface area is 151 Å². The summed E-state index contributed by atoms with van der Waals surface area (Å²) in [6.45, 7) is 7.65. The zero-order valence-electron chi connectivity index (χ0n) is 14.1. The Kier molecular flexibility index (Phi) is 12.9. The molecule has 0 N–H and O–H groups in total. The minimum absolute atomic E-state index is 0. The van der Waals surface area contributed by atoms with Gasteiger partial charge in [-0.1, -0.05) is 5.70 Å². The molecule has 0 radical (unpaired) electrons. The summed E-state index contributed by atoms with van der Waals surface area (Å²) < 4.78 is 17.1. The van der Waals surface area contributed by atoms with Crippen molar-refractivity contribution in [3.05, 3.63) is 65.9 Å². The normalized spacial score (nSPS) is 10.9. The number of rotatable bonds is 8. The Bertz CT molecular complexity index is 446. The van der Waals surface area contributed by atoms with Crippen LogP contribution in [0.4, 0.5) is 0 Å². The fourth-order valence-corrected chi connectivity index (χ4v) is 4.03. The largest absolute Gasteiger partial charge is 2.00 e. The average Bonchev–Trinajstić information content (AvgIpc) is 3.22. The van der Waals surface area contributed by atoms with Crippen LogP contribution < -0.4 is 0 Å². The number of hydrogen-bond donors (Lipinski definition) is 0. The van der Waals surface area contributed by atoms with Gasteiger partial charge in [-0.05, 0) is 20.8 Å². The minimum atomic E-state index is -2.63.